The van der Waals surface area contributed by atoms with Crippen LogP contribution in [0.4, 0.5) is 11.4 Å². The third-order valence-corrected chi connectivity index (χ3v) is 3.22. The number of fused-ring (bicyclic) bond motifs is 1. The van der Waals surface area contributed by atoms with Gasteiger partial charge in [-0.1, -0.05) is 32.4 Å². The molecular weight excluding hydrogens is 212 g/mol. The maximum atomic E-state index is 12.3. The van der Waals surface area contributed by atoms with E-state index in [9.17, 15) is 4.79 Å². The Morgan fingerprint density at radius 1 is 1.41 bits per heavy atom. The van der Waals surface area contributed by atoms with Gasteiger partial charge in [-0.25, -0.2) is 0 Å². The van der Waals surface area contributed by atoms with Crippen molar-refractivity contribution in [2.45, 2.75) is 26.7 Å². The number of unbranched alkanes of at least 4 members (excludes halogenated alkanes) is 1. The first-order valence-corrected chi connectivity index (χ1v) is 6.38. The Morgan fingerprint density at radius 3 is 2.94 bits per heavy atom. The lowest BCUT2D eigenvalue weighted by Crippen LogP contribution is -2.36. The Balaban J connectivity index is 2.33. The molecule has 3 nitrogen and oxygen atoms in total. The normalized spacial score (nSPS) is 19.5. The van der Waals surface area contributed by atoms with Crippen molar-refractivity contribution >= 4 is 17.3 Å². The van der Waals surface area contributed by atoms with Gasteiger partial charge in [0.2, 0.25) is 5.91 Å². The summed E-state index contributed by atoms with van der Waals surface area (Å²) in [6.07, 6.45) is 2.15. The lowest BCUT2D eigenvalue weighted by Gasteiger charge is -2.23. The van der Waals surface area contributed by atoms with Crippen molar-refractivity contribution in [2.75, 3.05) is 23.3 Å². The van der Waals surface area contributed by atoms with Gasteiger partial charge in [0.15, 0.2) is 0 Å². The zero-order valence-corrected chi connectivity index (χ0v) is 10.6. The van der Waals surface area contributed by atoms with Crippen LogP contribution in [0.3, 0.4) is 0 Å². The summed E-state index contributed by atoms with van der Waals surface area (Å²) in [6.45, 7) is 5.67. The van der Waals surface area contributed by atoms with Crippen molar-refractivity contribution in [3.63, 3.8) is 0 Å². The molecule has 0 unspecified atom stereocenters. The second kappa shape index (κ2) is 5.21. The summed E-state index contributed by atoms with van der Waals surface area (Å²) < 4.78 is 0. The molecule has 1 aromatic rings. The first kappa shape index (κ1) is 12.0. The molecule has 3 heteroatoms. The van der Waals surface area contributed by atoms with E-state index in [0.29, 0.717) is 0 Å². The summed E-state index contributed by atoms with van der Waals surface area (Å²) in [5.74, 6) is 0.273. The molecule has 0 bridgehead atoms. The number of hydrogen-bond donors (Lipinski definition) is 1. The SMILES string of the molecule is CCCCN1C(=O)[C@H](C)CNc2ccccc21. The number of anilines is 2. The van der Waals surface area contributed by atoms with Crippen LogP contribution in [0.25, 0.3) is 0 Å². The molecule has 1 amide bonds. The molecule has 1 N–H and O–H groups in total. The van der Waals surface area contributed by atoms with Crippen molar-refractivity contribution in [1.82, 2.24) is 0 Å². The molecule has 17 heavy (non-hydrogen) atoms. The number of amides is 1. The molecule has 1 atom stereocenters. The summed E-state index contributed by atoms with van der Waals surface area (Å²) in [5, 5.41) is 3.35. The minimum absolute atomic E-state index is 0.0410. The second-order valence-electron chi connectivity index (χ2n) is 4.64. The Kier molecular flexibility index (Phi) is 3.67. The van der Waals surface area contributed by atoms with Gasteiger partial charge in [0.05, 0.1) is 17.3 Å². The smallest absolute Gasteiger partial charge is 0.231 e. The van der Waals surface area contributed by atoms with Crippen LogP contribution in [0.2, 0.25) is 0 Å². The van der Waals surface area contributed by atoms with E-state index in [-0.39, 0.29) is 11.8 Å². The maximum absolute atomic E-state index is 12.3. The van der Waals surface area contributed by atoms with Gasteiger partial charge in [0, 0.05) is 13.1 Å². The van der Waals surface area contributed by atoms with E-state index >= 15 is 0 Å². The average molecular weight is 232 g/mol. The van der Waals surface area contributed by atoms with E-state index in [0.717, 1.165) is 37.3 Å². The fraction of sp³-hybridized carbons (Fsp3) is 0.500. The van der Waals surface area contributed by atoms with Gasteiger partial charge in [0.1, 0.15) is 0 Å². The van der Waals surface area contributed by atoms with Crippen LogP contribution in [0.1, 0.15) is 26.7 Å². The van der Waals surface area contributed by atoms with Crippen LogP contribution in [0.5, 0.6) is 0 Å². The Morgan fingerprint density at radius 2 is 2.18 bits per heavy atom. The highest BCUT2D eigenvalue weighted by atomic mass is 16.2. The fourth-order valence-corrected chi connectivity index (χ4v) is 2.14. The third kappa shape index (κ3) is 2.43. The zero-order valence-electron chi connectivity index (χ0n) is 10.6. The van der Waals surface area contributed by atoms with Crippen molar-refractivity contribution in [3.05, 3.63) is 24.3 Å². The summed E-state index contributed by atoms with van der Waals surface area (Å²) >= 11 is 0. The van der Waals surface area contributed by atoms with Crippen molar-refractivity contribution in [2.24, 2.45) is 5.92 Å². The van der Waals surface area contributed by atoms with E-state index in [4.69, 9.17) is 0 Å². The zero-order chi connectivity index (χ0) is 12.3. The monoisotopic (exact) mass is 232 g/mol. The number of hydrogen-bond acceptors (Lipinski definition) is 2. The summed E-state index contributed by atoms with van der Waals surface area (Å²) in [7, 11) is 0. The van der Waals surface area contributed by atoms with Crippen LogP contribution >= 0.6 is 0 Å². The Hall–Kier alpha value is -1.51. The molecule has 0 radical (unpaired) electrons. The van der Waals surface area contributed by atoms with Crippen LogP contribution in [-0.2, 0) is 4.79 Å². The molecule has 0 spiro atoms. The molecule has 0 aliphatic carbocycles. The highest BCUT2D eigenvalue weighted by Crippen LogP contribution is 2.30. The number of benzene rings is 1. The molecule has 1 aliphatic heterocycles. The van der Waals surface area contributed by atoms with Gasteiger partial charge in [-0.2, -0.15) is 0 Å². The van der Waals surface area contributed by atoms with E-state index in [1.807, 2.05) is 36.1 Å². The summed E-state index contributed by atoms with van der Waals surface area (Å²) in [6, 6.07) is 8.06. The second-order valence-corrected chi connectivity index (χ2v) is 4.64. The molecule has 2 rings (SSSR count). The van der Waals surface area contributed by atoms with Gasteiger partial charge in [0.25, 0.3) is 0 Å². The van der Waals surface area contributed by atoms with Gasteiger partial charge in [-0.15, -0.1) is 0 Å². The van der Waals surface area contributed by atoms with Crippen LogP contribution < -0.4 is 10.2 Å². The number of carbonyl (C=O) groups is 1. The number of para-hydroxylation sites is 2. The van der Waals surface area contributed by atoms with E-state index in [1.54, 1.807) is 0 Å². The molecule has 1 heterocycles. The molecule has 1 aliphatic rings. The molecule has 0 saturated heterocycles. The molecule has 92 valence electrons. The molecule has 0 saturated carbocycles. The lowest BCUT2D eigenvalue weighted by molar-refractivity contribution is -0.121. The van der Waals surface area contributed by atoms with Crippen LogP contribution in [0.15, 0.2) is 24.3 Å². The van der Waals surface area contributed by atoms with E-state index in [2.05, 4.69) is 12.2 Å². The first-order chi connectivity index (χ1) is 8.24. The predicted molar refractivity (Wildman–Crippen MR) is 71.4 cm³/mol. The van der Waals surface area contributed by atoms with Gasteiger partial charge >= 0.3 is 0 Å². The predicted octanol–water partition coefficient (Wildman–Crippen LogP) is 2.88. The van der Waals surface area contributed by atoms with Gasteiger partial charge in [-0.3, -0.25) is 4.79 Å². The quantitative estimate of drug-likeness (QED) is 0.869. The largest absolute Gasteiger partial charge is 0.383 e. The number of carbonyl (C=O) groups excluding carboxylic acids is 1. The molecule has 0 fully saturated rings. The minimum Gasteiger partial charge on any atom is -0.383 e. The van der Waals surface area contributed by atoms with Gasteiger partial charge < -0.3 is 10.2 Å². The van der Waals surface area contributed by atoms with Gasteiger partial charge in [-0.05, 0) is 18.6 Å². The van der Waals surface area contributed by atoms with E-state index < -0.39 is 0 Å². The highest BCUT2D eigenvalue weighted by molar-refractivity contribution is 5.99. The van der Waals surface area contributed by atoms with Crippen molar-refractivity contribution in [1.29, 1.82) is 0 Å². The molecule has 0 aromatic heterocycles. The highest BCUT2D eigenvalue weighted by Gasteiger charge is 2.26. The average Bonchev–Trinajstić information content (AvgIpc) is 2.47. The van der Waals surface area contributed by atoms with E-state index in [1.165, 1.54) is 0 Å². The van der Waals surface area contributed by atoms with Crippen molar-refractivity contribution < 1.29 is 4.79 Å². The number of rotatable bonds is 3. The van der Waals surface area contributed by atoms with Crippen molar-refractivity contribution in [3.8, 4) is 0 Å². The molecule has 1 aromatic carbocycles. The fourth-order valence-electron chi connectivity index (χ4n) is 2.14. The Bertz CT molecular complexity index is 403. The minimum atomic E-state index is 0.0410. The molecular formula is C14H20N2O. The summed E-state index contributed by atoms with van der Waals surface area (Å²) in [5.41, 5.74) is 2.09. The Labute approximate surface area is 103 Å². The first-order valence-electron chi connectivity index (χ1n) is 6.38. The topological polar surface area (TPSA) is 32.3 Å². The maximum Gasteiger partial charge on any atom is 0.231 e. The van der Waals surface area contributed by atoms with Crippen LogP contribution in [-0.4, -0.2) is 19.0 Å². The number of nitrogens with zero attached hydrogens (tertiary/aromatic N) is 1. The number of nitrogens with one attached hydrogen (secondary N) is 1. The standard InChI is InChI=1S/C14H20N2O/c1-3-4-9-16-13-8-6-5-7-12(13)15-10-11(2)14(16)17/h5-8,11,15H,3-4,9-10H2,1-2H3/t11-/m1/s1. The summed E-state index contributed by atoms with van der Waals surface area (Å²) in [4.78, 5) is 14.2. The third-order valence-electron chi connectivity index (χ3n) is 3.22. The lowest BCUT2D eigenvalue weighted by atomic mass is 10.1. The van der Waals surface area contributed by atoms with Crippen LogP contribution in [0, 0.1) is 5.92 Å².